The molecule has 0 aliphatic heterocycles. The van der Waals surface area contributed by atoms with E-state index < -0.39 is 64.2 Å². The maximum Gasteiger partial charge on any atom is 0.429 e. The molecule has 0 radical (unpaired) electrons. The standard InChI is InChI=1S/C31H34F10O2/c1-3-4-17-5-7-18(8-6-17)19-9-11-20(12-10-19)21-13-14-22(28(33)27(21)32)31(40,41)43-24-16-15-23(42-2)25(29(34,35)36)26(24)30(37,38)39/h13-20H,3-12H2,1-2H3. The van der Waals surface area contributed by atoms with E-state index in [-0.39, 0.29) is 11.6 Å². The van der Waals surface area contributed by atoms with Crippen LogP contribution in [0, 0.1) is 29.4 Å². The summed E-state index contributed by atoms with van der Waals surface area (Å²) in [6.45, 7) is 2.17. The van der Waals surface area contributed by atoms with E-state index in [2.05, 4.69) is 16.4 Å². The highest BCUT2D eigenvalue weighted by molar-refractivity contribution is 5.52. The van der Waals surface area contributed by atoms with Crippen LogP contribution in [0.5, 0.6) is 11.5 Å². The van der Waals surface area contributed by atoms with Crippen molar-refractivity contribution in [2.75, 3.05) is 7.11 Å². The van der Waals surface area contributed by atoms with Gasteiger partial charge in [0.15, 0.2) is 11.6 Å². The topological polar surface area (TPSA) is 18.5 Å². The van der Waals surface area contributed by atoms with Gasteiger partial charge in [-0.1, -0.05) is 38.7 Å². The molecule has 2 aliphatic carbocycles. The van der Waals surface area contributed by atoms with Gasteiger partial charge in [0.05, 0.1) is 7.11 Å². The molecule has 4 rings (SSSR count). The number of halogens is 10. The molecular weight excluding hydrogens is 594 g/mol. The first-order chi connectivity index (χ1) is 20.1. The Morgan fingerprint density at radius 2 is 1.19 bits per heavy atom. The average molecular weight is 629 g/mol. The Bertz CT molecular complexity index is 1250. The molecule has 0 amide bonds. The molecule has 0 unspecified atom stereocenters. The maximum atomic E-state index is 15.2. The summed E-state index contributed by atoms with van der Waals surface area (Å²) in [5.74, 6) is -5.45. The van der Waals surface area contributed by atoms with Gasteiger partial charge in [0.1, 0.15) is 28.2 Å². The molecule has 43 heavy (non-hydrogen) atoms. The Kier molecular flexibility index (Phi) is 9.86. The highest BCUT2D eigenvalue weighted by Crippen LogP contribution is 2.51. The van der Waals surface area contributed by atoms with Gasteiger partial charge in [-0.05, 0) is 86.0 Å². The van der Waals surface area contributed by atoms with Crippen molar-refractivity contribution in [1.82, 2.24) is 0 Å². The first-order valence-electron chi connectivity index (χ1n) is 14.5. The van der Waals surface area contributed by atoms with Crippen LogP contribution < -0.4 is 9.47 Å². The molecule has 2 saturated carbocycles. The van der Waals surface area contributed by atoms with Crippen LogP contribution in [-0.2, 0) is 18.5 Å². The van der Waals surface area contributed by atoms with Crippen LogP contribution in [-0.4, -0.2) is 7.11 Å². The van der Waals surface area contributed by atoms with Crippen molar-refractivity contribution in [3.05, 3.63) is 58.2 Å². The lowest BCUT2D eigenvalue weighted by Crippen LogP contribution is -2.28. The Labute approximate surface area is 243 Å². The van der Waals surface area contributed by atoms with E-state index in [1.54, 1.807) is 0 Å². The number of hydrogen-bond donors (Lipinski definition) is 0. The number of rotatable bonds is 8. The maximum absolute atomic E-state index is 15.2. The number of benzene rings is 2. The third kappa shape index (κ3) is 7.19. The lowest BCUT2D eigenvalue weighted by atomic mass is 9.68. The minimum Gasteiger partial charge on any atom is -0.496 e. The number of methoxy groups -OCH3 is 1. The summed E-state index contributed by atoms with van der Waals surface area (Å²) in [5.41, 5.74) is -6.82. The molecule has 240 valence electrons. The second-order valence-electron chi connectivity index (χ2n) is 11.6. The minimum atomic E-state index is -5.81. The second kappa shape index (κ2) is 12.8. The van der Waals surface area contributed by atoms with Crippen molar-refractivity contribution >= 4 is 0 Å². The van der Waals surface area contributed by atoms with Gasteiger partial charge >= 0.3 is 18.5 Å². The van der Waals surface area contributed by atoms with Crippen LogP contribution in [0.3, 0.4) is 0 Å². The summed E-state index contributed by atoms with van der Waals surface area (Å²) in [6.07, 6.45) is -6.75. The quantitative estimate of drug-likeness (QED) is 0.271. The molecule has 0 spiro atoms. The Hall–Kier alpha value is -2.66. The van der Waals surface area contributed by atoms with Gasteiger partial charge in [0.2, 0.25) is 0 Å². The third-order valence-electron chi connectivity index (χ3n) is 9.05. The molecule has 0 saturated heterocycles. The first kappa shape index (κ1) is 33.2. The number of alkyl halides is 8. The van der Waals surface area contributed by atoms with Gasteiger partial charge < -0.3 is 9.47 Å². The Morgan fingerprint density at radius 3 is 1.70 bits per heavy atom. The fourth-order valence-electron chi connectivity index (χ4n) is 6.94. The smallest absolute Gasteiger partial charge is 0.429 e. The van der Waals surface area contributed by atoms with Gasteiger partial charge in [0, 0.05) is 0 Å². The molecule has 0 aromatic heterocycles. The summed E-state index contributed by atoms with van der Waals surface area (Å²) in [6, 6.07) is 2.04. The summed E-state index contributed by atoms with van der Waals surface area (Å²) in [7, 11) is 0.671. The van der Waals surface area contributed by atoms with Crippen molar-refractivity contribution in [2.45, 2.75) is 95.5 Å². The Balaban J connectivity index is 1.53. The predicted octanol–water partition coefficient (Wildman–Crippen LogP) is 11.0. The molecule has 12 heteroatoms. The van der Waals surface area contributed by atoms with Crippen LogP contribution in [0.15, 0.2) is 24.3 Å². The fraction of sp³-hybridized carbons (Fsp3) is 0.613. The predicted molar refractivity (Wildman–Crippen MR) is 139 cm³/mol. The van der Waals surface area contributed by atoms with E-state index in [4.69, 9.17) is 0 Å². The second-order valence-corrected chi connectivity index (χ2v) is 11.6. The van der Waals surface area contributed by atoms with Crippen molar-refractivity contribution in [3.8, 4) is 11.5 Å². The van der Waals surface area contributed by atoms with Crippen LogP contribution in [0.1, 0.15) is 99.3 Å². The lowest BCUT2D eigenvalue weighted by Gasteiger charge is -2.38. The summed E-state index contributed by atoms with van der Waals surface area (Å²) >= 11 is 0. The summed E-state index contributed by atoms with van der Waals surface area (Å²) in [4.78, 5) is 0. The SMILES string of the molecule is CCCC1CCC(C2CCC(c3ccc(C(F)(F)Oc4ccc(OC)c(C(F)(F)F)c4C(F)(F)F)c(F)c3F)CC2)CC1. The number of ether oxygens (including phenoxy) is 2. The molecule has 0 bridgehead atoms. The van der Waals surface area contributed by atoms with E-state index in [0.717, 1.165) is 44.1 Å². The molecule has 2 aliphatic rings. The zero-order valence-corrected chi connectivity index (χ0v) is 23.8. The molecular formula is C31H34F10O2. The van der Waals surface area contributed by atoms with Gasteiger partial charge in [-0.3, -0.25) is 0 Å². The molecule has 2 fully saturated rings. The highest BCUT2D eigenvalue weighted by atomic mass is 19.4. The molecule has 2 nitrogen and oxygen atoms in total. The van der Waals surface area contributed by atoms with E-state index in [1.807, 2.05) is 0 Å². The van der Waals surface area contributed by atoms with Crippen molar-refractivity contribution < 1.29 is 53.4 Å². The van der Waals surface area contributed by atoms with Gasteiger partial charge in [-0.15, -0.1) is 0 Å². The van der Waals surface area contributed by atoms with E-state index in [9.17, 15) is 26.3 Å². The van der Waals surface area contributed by atoms with Crippen molar-refractivity contribution in [1.29, 1.82) is 0 Å². The van der Waals surface area contributed by atoms with E-state index >= 15 is 17.6 Å². The molecule has 0 heterocycles. The van der Waals surface area contributed by atoms with E-state index in [0.29, 0.717) is 43.9 Å². The van der Waals surface area contributed by atoms with Crippen molar-refractivity contribution in [3.63, 3.8) is 0 Å². The minimum absolute atomic E-state index is 0.123. The van der Waals surface area contributed by atoms with Crippen LogP contribution in [0.25, 0.3) is 0 Å². The van der Waals surface area contributed by atoms with Crippen LogP contribution >= 0.6 is 0 Å². The largest absolute Gasteiger partial charge is 0.496 e. The van der Waals surface area contributed by atoms with Gasteiger partial charge in [-0.2, -0.15) is 35.1 Å². The first-order valence-corrected chi connectivity index (χ1v) is 14.5. The monoisotopic (exact) mass is 628 g/mol. The van der Waals surface area contributed by atoms with Gasteiger partial charge in [-0.25, -0.2) is 8.78 Å². The number of hydrogen-bond acceptors (Lipinski definition) is 2. The average Bonchev–Trinajstić information content (AvgIpc) is 2.93. The van der Waals surface area contributed by atoms with E-state index in [1.165, 1.54) is 19.3 Å². The summed E-state index contributed by atoms with van der Waals surface area (Å²) in [5, 5.41) is 0. The van der Waals surface area contributed by atoms with Crippen LogP contribution in [0.4, 0.5) is 43.9 Å². The Morgan fingerprint density at radius 1 is 0.674 bits per heavy atom. The fourth-order valence-corrected chi connectivity index (χ4v) is 6.94. The lowest BCUT2D eigenvalue weighted by molar-refractivity contribution is -0.196. The molecule has 2 aromatic carbocycles. The zero-order chi connectivity index (χ0) is 31.7. The molecule has 2 aromatic rings. The van der Waals surface area contributed by atoms with Crippen LogP contribution in [0.2, 0.25) is 0 Å². The van der Waals surface area contributed by atoms with Gasteiger partial charge in [0.25, 0.3) is 0 Å². The molecule has 0 atom stereocenters. The molecule has 0 N–H and O–H groups in total. The summed E-state index contributed by atoms with van der Waals surface area (Å²) < 4.78 is 151. The zero-order valence-electron chi connectivity index (χ0n) is 23.8. The highest BCUT2D eigenvalue weighted by Gasteiger charge is 2.50. The third-order valence-corrected chi connectivity index (χ3v) is 9.05. The normalized spacial score (nSPS) is 23.7. The van der Waals surface area contributed by atoms with Crippen molar-refractivity contribution in [2.24, 2.45) is 17.8 Å².